The summed E-state index contributed by atoms with van der Waals surface area (Å²) in [5.41, 5.74) is 5.54. The largest absolute Gasteiger partial charge is 0.508 e. The Hall–Kier alpha value is -1.95. The van der Waals surface area contributed by atoms with Crippen molar-refractivity contribution in [3.8, 4) is 11.5 Å². The third-order valence-corrected chi connectivity index (χ3v) is 2.54. The van der Waals surface area contributed by atoms with Crippen molar-refractivity contribution in [1.29, 1.82) is 0 Å². The van der Waals surface area contributed by atoms with Gasteiger partial charge in [0, 0.05) is 12.1 Å². The lowest BCUT2D eigenvalue weighted by molar-refractivity contribution is 0.0505. The van der Waals surface area contributed by atoms with Crippen LogP contribution in [-0.2, 0) is 4.74 Å². The number of benzene rings is 1. The Balaban J connectivity index is 2.88. The van der Waals surface area contributed by atoms with Crippen LogP contribution in [0, 0.1) is 0 Å². The standard InChI is InChI=1S/C14H22N2O4/c1-14(2,3)20-13(18)16-11(8-15)10-7-9(19-4)5-6-12(10)17/h5-7,11,17H,8,15H2,1-4H3,(H,16,18). The summed E-state index contributed by atoms with van der Waals surface area (Å²) in [5.74, 6) is 0.611. The lowest BCUT2D eigenvalue weighted by Crippen LogP contribution is -2.37. The van der Waals surface area contributed by atoms with Crippen LogP contribution in [0.3, 0.4) is 0 Å². The van der Waals surface area contributed by atoms with Crippen molar-refractivity contribution in [2.75, 3.05) is 13.7 Å². The fourth-order valence-electron chi connectivity index (χ4n) is 1.65. The van der Waals surface area contributed by atoms with Gasteiger partial charge in [0.2, 0.25) is 0 Å². The minimum atomic E-state index is -0.598. The highest BCUT2D eigenvalue weighted by Crippen LogP contribution is 2.28. The molecular formula is C14H22N2O4. The molecule has 1 aromatic rings. The van der Waals surface area contributed by atoms with Gasteiger partial charge in [-0.2, -0.15) is 0 Å². The molecule has 0 saturated heterocycles. The number of amides is 1. The third kappa shape index (κ3) is 4.62. The Bertz CT molecular complexity index is 469. The third-order valence-electron chi connectivity index (χ3n) is 2.54. The number of nitrogens with one attached hydrogen (secondary N) is 1. The van der Waals surface area contributed by atoms with E-state index in [4.69, 9.17) is 15.2 Å². The highest BCUT2D eigenvalue weighted by Gasteiger charge is 2.21. The van der Waals surface area contributed by atoms with Crippen LogP contribution in [0.15, 0.2) is 18.2 Å². The molecule has 0 heterocycles. The number of rotatable bonds is 4. The number of carbonyl (C=O) groups is 1. The summed E-state index contributed by atoms with van der Waals surface area (Å²) in [4.78, 5) is 11.8. The van der Waals surface area contributed by atoms with Gasteiger partial charge in [-0.25, -0.2) is 4.79 Å². The molecule has 1 rings (SSSR count). The Morgan fingerprint density at radius 3 is 2.60 bits per heavy atom. The van der Waals surface area contributed by atoms with E-state index in [0.29, 0.717) is 11.3 Å². The summed E-state index contributed by atoms with van der Waals surface area (Å²) in [6, 6.07) is 4.19. The minimum absolute atomic E-state index is 0.0392. The first-order valence-corrected chi connectivity index (χ1v) is 6.33. The van der Waals surface area contributed by atoms with Crippen molar-refractivity contribution in [3.63, 3.8) is 0 Å². The number of phenolic OH excluding ortho intramolecular Hbond substituents is 1. The first-order valence-electron chi connectivity index (χ1n) is 6.33. The predicted octanol–water partition coefficient (Wildman–Crippen LogP) is 1.93. The monoisotopic (exact) mass is 282 g/mol. The van der Waals surface area contributed by atoms with E-state index >= 15 is 0 Å². The molecule has 0 aliphatic carbocycles. The van der Waals surface area contributed by atoms with Crippen molar-refractivity contribution >= 4 is 6.09 Å². The van der Waals surface area contributed by atoms with Gasteiger partial charge >= 0.3 is 6.09 Å². The number of phenols is 1. The lowest BCUT2D eigenvalue weighted by Gasteiger charge is -2.23. The molecule has 0 radical (unpaired) electrons. The molecular weight excluding hydrogens is 260 g/mol. The maximum Gasteiger partial charge on any atom is 0.408 e. The number of ether oxygens (including phenoxy) is 2. The van der Waals surface area contributed by atoms with Gasteiger partial charge in [0.05, 0.1) is 13.2 Å². The SMILES string of the molecule is COc1ccc(O)c(C(CN)NC(=O)OC(C)(C)C)c1. The Labute approximate surface area is 118 Å². The molecule has 1 amide bonds. The van der Waals surface area contributed by atoms with Crippen molar-refractivity contribution in [1.82, 2.24) is 5.32 Å². The summed E-state index contributed by atoms with van der Waals surface area (Å²) in [6.45, 7) is 5.44. The van der Waals surface area contributed by atoms with Gasteiger partial charge in [-0.15, -0.1) is 0 Å². The average molecular weight is 282 g/mol. The Morgan fingerprint density at radius 1 is 1.45 bits per heavy atom. The van der Waals surface area contributed by atoms with Crippen LogP contribution < -0.4 is 15.8 Å². The fraction of sp³-hybridized carbons (Fsp3) is 0.500. The molecule has 0 spiro atoms. The number of hydrogen-bond acceptors (Lipinski definition) is 5. The van der Waals surface area contributed by atoms with E-state index in [2.05, 4.69) is 5.32 Å². The Morgan fingerprint density at radius 2 is 2.10 bits per heavy atom. The molecule has 0 bridgehead atoms. The van der Waals surface area contributed by atoms with Gasteiger partial charge in [0.15, 0.2) is 0 Å². The van der Waals surface area contributed by atoms with Crippen LogP contribution in [0.1, 0.15) is 32.4 Å². The predicted molar refractivity (Wildman–Crippen MR) is 75.8 cm³/mol. The highest BCUT2D eigenvalue weighted by molar-refractivity contribution is 5.68. The molecule has 4 N–H and O–H groups in total. The van der Waals surface area contributed by atoms with E-state index in [9.17, 15) is 9.90 Å². The van der Waals surface area contributed by atoms with Crippen LogP contribution >= 0.6 is 0 Å². The minimum Gasteiger partial charge on any atom is -0.508 e. The van der Waals surface area contributed by atoms with Crippen molar-refractivity contribution in [2.45, 2.75) is 32.4 Å². The maximum absolute atomic E-state index is 11.8. The number of aromatic hydroxyl groups is 1. The van der Waals surface area contributed by atoms with Crippen LogP contribution in [0.25, 0.3) is 0 Å². The maximum atomic E-state index is 11.8. The molecule has 1 atom stereocenters. The van der Waals surface area contributed by atoms with Gasteiger partial charge in [-0.1, -0.05) is 0 Å². The molecule has 20 heavy (non-hydrogen) atoms. The number of methoxy groups -OCH3 is 1. The Kier molecular flexibility index (Phi) is 5.21. The molecule has 0 aliphatic rings. The molecule has 1 unspecified atom stereocenters. The second-order valence-corrected chi connectivity index (χ2v) is 5.36. The second kappa shape index (κ2) is 6.47. The zero-order chi connectivity index (χ0) is 15.3. The van der Waals surface area contributed by atoms with Gasteiger partial charge in [0.25, 0.3) is 0 Å². The molecule has 0 aliphatic heterocycles. The summed E-state index contributed by atoms with van der Waals surface area (Å²) in [5, 5.41) is 12.5. The first kappa shape index (κ1) is 16.1. The topological polar surface area (TPSA) is 93.8 Å². The summed E-state index contributed by atoms with van der Waals surface area (Å²) in [6.07, 6.45) is -0.588. The quantitative estimate of drug-likeness (QED) is 0.784. The van der Waals surface area contributed by atoms with Crippen molar-refractivity contribution in [3.05, 3.63) is 23.8 Å². The van der Waals surface area contributed by atoms with E-state index in [-0.39, 0.29) is 12.3 Å². The number of carbonyl (C=O) groups excluding carboxylic acids is 1. The zero-order valence-electron chi connectivity index (χ0n) is 12.3. The smallest absolute Gasteiger partial charge is 0.408 e. The fourth-order valence-corrected chi connectivity index (χ4v) is 1.65. The zero-order valence-corrected chi connectivity index (χ0v) is 12.3. The van der Waals surface area contributed by atoms with Gasteiger partial charge in [-0.3, -0.25) is 0 Å². The van der Waals surface area contributed by atoms with Gasteiger partial charge < -0.3 is 25.6 Å². The number of hydrogen-bond donors (Lipinski definition) is 3. The molecule has 6 heteroatoms. The molecule has 112 valence electrons. The molecule has 0 fully saturated rings. The summed E-state index contributed by atoms with van der Waals surface area (Å²) < 4.78 is 10.3. The molecule has 0 saturated carbocycles. The normalized spacial score (nSPS) is 12.7. The van der Waals surface area contributed by atoms with Crippen LogP contribution in [0.2, 0.25) is 0 Å². The summed E-state index contributed by atoms with van der Waals surface area (Å²) in [7, 11) is 1.52. The van der Waals surface area contributed by atoms with Crippen LogP contribution in [-0.4, -0.2) is 30.5 Å². The van der Waals surface area contributed by atoms with E-state index < -0.39 is 17.7 Å². The van der Waals surface area contributed by atoms with Crippen molar-refractivity contribution < 1.29 is 19.4 Å². The van der Waals surface area contributed by atoms with E-state index in [1.807, 2.05) is 0 Å². The average Bonchev–Trinajstić information content (AvgIpc) is 2.34. The lowest BCUT2D eigenvalue weighted by atomic mass is 10.1. The number of alkyl carbamates (subject to hydrolysis) is 1. The van der Waals surface area contributed by atoms with Gasteiger partial charge in [-0.05, 0) is 39.0 Å². The number of nitrogens with two attached hydrogens (primary N) is 1. The van der Waals surface area contributed by atoms with E-state index in [1.165, 1.54) is 13.2 Å². The van der Waals surface area contributed by atoms with Crippen molar-refractivity contribution in [2.24, 2.45) is 5.73 Å². The van der Waals surface area contributed by atoms with Crippen LogP contribution in [0.5, 0.6) is 11.5 Å². The second-order valence-electron chi connectivity index (χ2n) is 5.36. The molecule has 1 aromatic carbocycles. The highest BCUT2D eigenvalue weighted by atomic mass is 16.6. The van der Waals surface area contributed by atoms with E-state index in [0.717, 1.165) is 0 Å². The molecule has 6 nitrogen and oxygen atoms in total. The first-order chi connectivity index (χ1) is 9.26. The van der Waals surface area contributed by atoms with E-state index in [1.54, 1.807) is 32.9 Å². The van der Waals surface area contributed by atoms with Crippen LogP contribution in [0.4, 0.5) is 4.79 Å². The summed E-state index contributed by atoms with van der Waals surface area (Å²) >= 11 is 0. The van der Waals surface area contributed by atoms with Gasteiger partial charge in [0.1, 0.15) is 17.1 Å². The molecule has 0 aromatic heterocycles.